The van der Waals surface area contributed by atoms with Crippen LogP contribution in [0.3, 0.4) is 0 Å². The highest BCUT2D eigenvalue weighted by Gasteiger charge is 1.92. The third-order valence-corrected chi connectivity index (χ3v) is 1.79. The van der Waals surface area contributed by atoms with Crippen molar-refractivity contribution in [3.8, 4) is 0 Å². The number of hydrogen-bond acceptors (Lipinski definition) is 1. The first-order chi connectivity index (χ1) is 7.74. The lowest BCUT2D eigenvalue weighted by Crippen LogP contribution is -1.81. The molecule has 0 amide bonds. The Hall–Kier alpha value is -1.37. The lowest BCUT2D eigenvalue weighted by atomic mass is 10.1. The predicted octanol–water partition coefficient (Wildman–Crippen LogP) is 5.03. The van der Waals surface area contributed by atoms with Crippen LogP contribution >= 0.6 is 0 Å². The molecule has 0 aliphatic rings. The summed E-state index contributed by atoms with van der Waals surface area (Å²) in [6, 6.07) is 6.35. The standard InChI is InChI=1S/C11H13N.2C2H6/c1-9-4-5-10(2)11(8-9)6-7-12-3;2*1-2/h4-8H,3H2,1-2H3;2*1-2H3/b7-6-;;. The summed E-state index contributed by atoms with van der Waals surface area (Å²) < 4.78 is 0. The first-order valence-electron chi connectivity index (χ1n) is 5.93. The van der Waals surface area contributed by atoms with Gasteiger partial charge in [0.1, 0.15) is 0 Å². The molecule has 0 aliphatic carbocycles. The van der Waals surface area contributed by atoms with Gasteiger partial charge in [0.05, 0.1) is 0 Å². The molecule has 0 saturated heterocycles. The summed E-state index contributed by atoms with van der Waals surface area (Å²) in [5.74, 6) is 0. The fourth-order valence-corrected chi connectivity index (χ4v) is 1.07. The van der Waals surface area contributed by atoms with Gasteiger partial charge in [0.2, 0.25) is 0 Å². The predicted molar refractivity (Wildman–Crippen MR) is 77.2 cm³/mol. The number of aryl methyl sites for hydroxylation is 2. The van der Waals surface area contributed by atoms with Gasteiger partial charge in [-0.2, -0.15) is 0 Å². The first-order valence-corrected chi connectivity index (χ1v) is 5.93. The molecule has 0 fully saturated rings. The van der Waals surface area contributed by atoms with Crippen LogP contribution in [0.25, 0.3) is 6.08 Å². The van der Waals surface area contributed by atoms with E-state index in [-0.39, 0.29) is 0 Å². The first kappa shape index (κ1) is 17.0. The highest BCUT2D eigenvalue weighted by atomic mass is 14.6. The van der Waals surface area contributed by atoms with Gasteiger partial charge < -0.3 is 0 Å². The molecule has 0 radical (unpaired) electrons. The van der Waals surface area contributed by atoms with E-state index in [9.17, 15) is 0 Å². The molecule has 0 N–H and O–H groups in total. The zero-order chi connectivity index (χ0) is 13.0. The Bertz CT molecular complexity index is 311. The average molecular weight is 219 g/mol. The molecule has 1 rings (SSSR count). The summed E-state index contributed by atoms with van der Waals surface area (Å²) in [7, 11) is 0. The molecule has 0 atom stereocenters. The van der Waals surface area contributed by atoms with Crippen molar-refractivity contribution < 1.29 is 0 Å². The Kier molecular flexibility index (Phi) is 12.5. The van der Waals surface area contributed by atoms with Crippen molar-refractivity contribution in [1.82, 2.24) is 0 Å². The second kappa shape index (κ2) is 11.7. The van der Waals surface area contributed by atoms with E-state index >= 15 is 0 Å². The third-order valence-electron chi connectivity index (χ3n) is 1.79. The molecule has 1 heteroatoms. The molecule has 90 valence electrons. The summed E-state index contributed by atoms with van der Waals surface area (Å²) >= 11 is 0. The van der Waals surface area contributed by atoms with E-state index in [0.29, 0.717) is 0 Å². The Morgan fingerprint density at radius 2 is 1.62 bits per heavy atom. The molecule has 0 bridgehead atoms. The highest BCUT2D eigenvalue weighted by molar-refractivity contribution is 5.55. The van der Waals surface area contributed by atoms with Crippen LogP contribution in [0.5, 0.6) is 0 Å². The normalized spacial score (nSPS) is 8.62. The van der Waals surface area contributed by atoms with Crippen LogP contribution in [0.4, 0.5) is 0 Å². The quantitative estimate of drug-likeness (QED) is 0.619. The second-order valence-corrected chi connectivity index (χ2v) is 2.86. The monoisotopic (exact) mass is 219 g/mol. The largest absolute Gasteiger partial charge is 0.272 e. The number of benzene rings is 1. The summed E-state index contributed by atoms with van der Waals surface area (Å²) in [5.41, 5.74) is 3.74. The van der Waals surface area contributed by atoms with Gasteiger partial charge >= 0.3 is 0 Å². The molecule has 1 aromatic carbocycles. The van der Waals surface area contributed by atoms with Gasteiger partial charge in [-0.15, -0.1) is 0 Å². The number of aliphatic imine (C=N–C) groups is 1. The van der Waals surface area contributed by atoms with Gasteiger partial charge in [-0.25, -0.2) is 0 Å². The van der Waals surface area contributed by atoms with Crippen LogP contribution < -0.4 is 0 Å². The van der Waals surface area contributed by atoms with Crippen molar-refractivity contribution in [2.45, 2.75) is 41.5 Å². The van der Waals surface area contributed by atoms with Crippen molar-refractivity contribution in [3.05, 3.63) is 41.1 Å². The minimum absolute atomic E-state index is 1.21. The topological polar surface area (TPSA) is 12.4 Å². The maximum absolute atomic E-state index is 3.67. The summed E-state index contributed by atoms with van der Waals surface area (Å²) in [5, 5.41) is 0. The minimum atomic E-state index is 1.21. The number of nitrogens with zero attached hydrogens (tertiary/aromatic N) is 1. The Labute approximate surface area is 101 Å². The van der Waals surface area contributed by atoms with Gasteiger partial charge in [-0.3, -0.25) is 4.99 Å². The van der Waals surface area contributed by atoms with Crippen molar-refractivity contribution >= 4 is 12.8 Å². The molecule has 16 heavy (non-hydrogen) atoms. The maximum Gasteiger partial charge on any atom is 0.0266 e. The molecule has 0 spiro atoms. The highest BCUT2D eigenvalue weighted by Crippen LogP contribution is 2.11. The fourth-order valence-electron chi connectivity index (χ4n) is 1.07. The van der Waals surface area contributed by atoms with E-state index in [4.69, 9.17) is 0 Å². The number of hydrogen-bond donors (Lipinski definition) is 0. The van der Waals surface area contributed by atoms with Gasteiger partial charge in [-0.1, -0.05) is 51.5 Å². The van der Waals surface area contributed by atoms with Crippen LogP contribution in [0.1, 0.15) is 44.4 Å². The van der Waals surface area contributed by atoms with Crippen LogP contribution in [-0.2, 0) is 0 Å². The van der Waals surface area contributed by atoms with Crippen molar-refractivity contribution in [3.63, 3.8) is 0 Å². The Morgan fingerprint density at radius 1 is 1.06 bits per heavy atom. The third kappa shape index (κ3) is 6.99. The van der Waals surface area contributed by atoms with Crippen molar-refractivity contribution in [2.24, 2.45) is 4.99 Å². The van der Waals surface area contributed by atoms with Crippen LogP contribution in [0.2, 0.25) is 0 Å². The van der Waals surface area contributed by atoms with Crippen LogP contribution in [-0.4, -0.2) is 6.72 Å². The molecule has 1 nitrogen and oxygen atoms in total. The lowest BCUT2D eigenvalue weighted by molar-refractivity contribution is 1.37. The smallest absolute Gasteiger partial charge is 0.0266 e. The van der Waals surface area contributed by atoms with Crippen molar-refractivity contribution in [1.29, 1.82) is 0 Å². The van der Waals surface area contributed by atoms with Crippen molar-refractivity contribution in [2.75, 3.05) is 0 Å². The van der Waals surface area contributed by atoms with E-state index in [1.54, 1.807) is 6.20 Å². The van der Waals surface area contributed by atoms with E-state index in [1.165, 1.54) is 16.7 Å². The summed E-state index contributed by atoms with van der Waals surface area (Å²) in [4.78, 5) is 3.67. The Morgan fingerprint density at radius 3 is 2.12 bits per heavy atom. The molecule has 0 saturated carbocycles. The Balaban J connectivity index is 0. The zero-order valence-corrected chi connectivity index (χ0v) is 11.5. The van der Waals surface area contributed by atoms with Gasteiger partial charge in [-0.05, 0) is 37.8 Å². The molecule has 0 heterocycles. The SMILES string of the molecule is C=N/C=C\c1cc(C)ccc1C.CC.CC. The second-order valence-electron chi connectivity index (χ2n) is 2.86. The maximum atomic E-state index is 3.67. The molecule has 0 aliphatic heterocycles. The zero-order valence-electron chi connectivity index (χ0n) is 11.5. The van der Waals surface area contributed by atoms with Gasteiger partial charge in [0.25, 0.3) is 0 Å². The van der Waals surface area contributed by atoms with E-state index < -0.39 is 0 Å². The van der Waals surface area contributed by atoms with E-state index in [2.05, 4.69) is 43.8 Å². The van der Waals surface area contributed by atoms with Crippen LogP contribution in [0, 0.1) is 13.8 Å². The fraction of sp³-hybridized carbons (Fsp3) is 0.400. The molecule has 0 unspecified atom stereocenters. The van der Waals surface area contributed by atoms with Crippen LogP contribution in [0.15, 0.2) is 29.4 Å². The van der Waals surface area contributed by atoms with E-state index in [1.807, 2.05) is 33.8 Å². The average Bonchev–Trinajstić information content (AvgIpc) is 2.35. The number of rotatable bonds is 2. The molecular weight excluding hydrogens is 194 g/mol. The summed E-state index contributed by atoms with van der Waals surface area (Å²) in [6.45, 7) is 15.6. The molecule has 1 aromatic rings. The van der Waals surface area contributed by atoms with Gasteiger partial charge in [0, 0.05) is 6.20 Å². The summed E-state index contributed by atoms with van der Waals surface area (Å²) in [6.07, 6.45) is 3.68. The molecular formula is C15H25N. The van der Waals surface area contributed by atoms with E-state index in [0.717, 1.165) is 0 Å². The van der Waals surface area contributed by atoms with Gasteiger partial charge in [0.15, 0.2) is 0 Å². The molecule has 0 aromatic heterocycles. The lowest BCUT2D eigenvalue weighted by Gasteiger charge is -2.00. The minimum Gasteiger partial charge on any atom is -0.272 e.